The number of hydrogen-bond acceptors (Lipinski definition) is 9. The number of fused-ring (bicyclic) bond motifs is 2. The zero-order valence-electron chi connectivity index (χ0n) is 32.9. The van der Waals surface area contributed by atoms with Crippen molar-refractivity contribution in [2.24, 2.45) is 21.8 Å². The molecule has 2 atom stereocenters. The van der Waals surface area contributed by atoms with Gasteiger partial charge in [-0.3, -0.25) is 20.1 Å². The summed E-state index contributed by atoms with van der Waals surface area (Å²) in [4.78, 5) is 38.4. The van der Waals surface area contributed by atoms with E-state index in [1.54, 1.807) is 0 Å². The van der Waals surface area contributed by atoms with E-state index in [0.717, 1.165) is 88.0 Å². The van der Waals surface area contributed by atoms with Crippen LogP contribution < -0.4 is 10.3 Å². The third-order valence-corrected chi connectivity index (χ3v) is 12.8. The lowest BCUT2D eigenvalue weighted by molar-refractivity contribution is -0.132. The number of allylic oxidation sites excluding steroid dienone is 2. The van der Waals surface area contributed by atoms with Crippen molar-refractivity contribution in [2.75, 3.05) is 50.7 Å². The number of nitrogens with zero attached hydrogens (tertiary/aromatic N) is 8. The molecule has 0 bridgehead atoms. The van der Waals surface area contributed by atoms with E-state index in [2.05, 4.69) is 149 Å². The average molecular weight is 861 g/mol. The first-order valence-electron chi connectivity index (χ1n) is 20.5. The summed E-state index contributed by atoms with van der Waals surface area (Å²) in [5.74, 6) is 1.09. The van der Waals surface area contributed by atoms with E-state index in [-0.39, 0.29) is 17.7 Å². The maximum Gasteiger partial charge on any atom is 0.236 e. The molecule has 1 amide bonds. The molecular weight excluding hydrogens is 817 g/mol. The van der Waals surface area contributed by atoms with Gasteiger partial charge in [0.1, 0.15) is 16.0 Å². The molecule has 0 spiro atoms. The maximum atomic E-state index is 13.5. The van der Waals surface area contributed by atoms with E-state index < -0.39 is 11.4 Å². The number of amidine groups is 1. The second-order valence-corrected chi connectivity index (χ2v) is 16.5. The maximum absolute atomic E-state index is 13.5. The van der Waals surface area contributed by atoms with Gasteiger partial charge in [-0.05, 0) is 82.0 Å². The quantitative estimate of drug-likeness (QED) is 0.121. The lowest BCUT2D eigenvalue weighted by atomic mass is 9.75. The summed E-state index contributed by atoms with van der Waals surface area (Å²) in [6, 6.07) is 40.0. The molecule has 60 heavy (non-hydrogen) atoms. The molecule has 2 unspecified atom stereocenters. The molecule has 2 saturated heterocycles. The van der Waals surface area contributed by atoms with Crippen molar-refractivity contribution in [1.29, 1.82) is 0 Å². The number of carbonyl (C=O) groups excluding carboxylic acids is 1. The van der Waals surface area contributed by atoms with Crippen LogP contribution in [0.4, 0.5) is 10.1 Å². The number of anilines is 1. The van der Waals surface area contributed by atoms with Crippen LogP contribution in [0.15, 0.2) is 171 Å². The first kappa shape index (κ1) is 38.0. The van der Waals surface area contributed by atoms with Gasteiger partial charge in [-0.1, -0.05) is 91.0 Å². The summed E-state index contributed by atoms with van der Waals surface area (Å²) in [5, 5.41) is 2.29. The Morgan fingerprint density at radius 3 is 2.03 bits per heavy atom. The molecule has 300 valence electrons. The molecule has 1 aromatic heterocycles. The number of aromatic nitrogens is 2. The van der Waals surface area contributed by atoms with E-state index in [1.807, 2.05) is 35.4 Å². The van der Waals surface area contributed by atoms with Gasteiger partial charge in [-0.2, -0.15) is 0 Å². The molecule has 0 radical (unpaired) electrons. The first-order chi connectivity index (χ1) is 29.4. The second kappa shape index (κ2) is 16.1. The van der Waals surface area contributed by atoms with Gasteiger partial charge in [-0.15, -0.1) is 0 Å². The highest BCUT2D eigenvalue weighted by Gasteiger charge is 2.48. The predicted octanol–water partition coefficient (Wildman–Crippen LogP) is 7.55. The van der Waals surface area contributed by atoms with Crippen molar-refractivity contribution in [3.05, 3.63) is 184 Å². The fraction of sp³-hybridized carbons (Fsp3) is 0.229. The third-order valence-electron chi connectivity index (χ3n) is 12.2. The van der Waals surface area contributed by atoms with Crippen LogP contribution in [0, 0.1) is 17.7 Å². The minimum Gasteiger partial charge on any atom is -0.368 e. The Bertz CT molecular complexity index is 2440. The van der Waals surface area contributed by atoms with Crippen molar-refractivity contribution in [3.8, 4) is 11.4 Å². The zero-order valence-corrected chi connectivity index (χ0v) is 34.5. The summed E-state index contributed by atoms with van der Waals surface area (Å²) < 4.78 is 14.1. The molecule has 1 aliphatic carbocycles. The number of hydrogen-bond donors (Lipinski definition) is 1. The Balaban J connectivity index is 0.805. The van der Waals surface area contributed by atoms with E-state index in [4.69, 9.17) is 9.98 Å². The number of amides is 1. The smallest absolute Gasteiger partial charge is 0.236 e. The SMILES string of the molecule is O=C(CN1CCC(C2=NC3=CC4=C(Br)NN(C(c5ccccc5)(c5ccccc5)c5ccccc5)C4=CC3C=N2)C1)N1CCN(c2ccc(-c3ncc(F)cn3)cc2)CC1. The highest BCUT2D eigenvalue weighted by molar-refractivity contribution is 9.11. The van der Waals surface area contributed by atoms with Crippen molar-refractivity contribution < 1.29 is 9.18 Å². The van der Waals surface area contributed by atoms with Gasteiger partial charge >= 0.3 is 0 Å². The van der Waals surface area contributed by atoms with E-state index in [9.17, 15) is 9.18 Å². The van der Waals surface area contributed by atoms with Crippen LogP contribution in [-0.4, -0.2) is 88.5 Å². The number of piperazine rings is 1. The van der Waals surface area contributed by atoms with E-state index in [1.165, 1.54) is 12.4 Å². The summed E-state index contributed by atoms with van der Waals surface area (Å²) >= 11 is 3.92. The van der Waals surface area contributed by atoms with Gasteiger partial charge in [0.25, 0.3) is 0 Å². The largest absolute Gasteiger partial charge is 0.368 e. The molecule has 10 rings (SSSR count). The Morgan fingerprint density at radius 1 is 0.800 bits per heavy atom. The monoisotopic (exact) mass is 859 g/mol. The Labute approximate surface area is 357 Å². The fourth-order valence-corrected chi connectivity index (χ4v) is 9.65. The van der Waals surface area contributed by atoms with Crippen LogP contribution in [0.2, 0.25) is 0 Å². The molecule has 5 heterocycles. The number of aliphatic imine (C=N–C) groups is 2. The minimum absolute atomic E-state index is 0.0882. The van der Waals surface area contributed by atoms with Gasteiger partial charge in [-0.25, -0.2) is 24.3 Å². The van der Waals surface area contributed by atoms with Crippen molar-refractivity contribution >= 4 is 39.6 Å². The summed E-state index contributed by atoms with van der Waals surface area (Å²) in [5.41, 5.74) is 11.4. The first-order valence-corrected chi connectivity index (χ1v) is 21.3. The van der Waals surface area contributed by atoms with Crippen molar-refractivity contribution in [2.45, 2.75) is 12.0 Å². The number of likely N-dealkylation sites (tertiary alicyclic amines) is 1. The topological polar surface area (TPSA) is 92.6 Å². The number of hydrazine groups is 1. The van der Waals surface area contributed by atoms with Crippen LogP contribution in [0.5, 0.6) is 0 Å². The number of rotatable bonds is 9. The molecule has 0 saturated carbocycles. The molecule has 1 N–H and O–H groups in total. The fourth-order valence-electron chi connectivity index (χ4n) is 9.16. The molecule has 4 aliphatic heterocycles. The van der Waals surface area contributed by atoms with E-state index >= 15 is 0 Å². The summed E-state index contributed by atoms with van der Waals surface area (Å²) in [6.07, 6.45) is 9.76. The summed E-state index contributed by atoms with van der Waals surface area (Å²) in [7, 11) is 0. The molecule has 2 fully saturated rings. The molecule has 5 aliphatic rings. The van der Waals surface area contributed by atoms with E-state index in [0.29, 0.717) is 25.5 Å². The number of halogens is 2. The standard InChI is InChI=1S/C48H43BrFN9O/c49-45-41-27-42-35(26-43(41)59(55-45)48(36-10-4-1-5-11-36,37-12-6-2-7-13-37)38-14-8-3-9-15-38)28-51-47(54-42)34-20-21-56(31-34)32-44(60)58-24-22-57(23-25-58)40-18-16-33(17-19-40)46-52-29-39(50)30-53-46/h1-19,26-30,34-35,55H,20-25,31-32H2. The van der Waals surface area contributed by atoms with Gasteiger partial charge in [0, 0.05) is 61.7 Å². The van der Waals surface area contributed by atoms with Crippen LogP contribution in [-0.2, 0) is 10.3 Å². The molecular formula is C48H43BrFN9O. The van der Waals surface area contributed by atoms with Crippen LogP contribution in [0.25, 0.3) is 11.4 Å². The lowest BCUT2D eigenvalue weighted by Gasteiger charge is -2.45. The predicted molar refractivity (Wildman–Crippen MR) is 236 cm³/mol. The number of benzene rings is 4. The normalized spacial score (nSPS) is 20.3. The molecule has 12 heteroatoms. The number of nitrogens with one attached hydrogen (secondary N) is 1. The molecule has 4 aromatic carbocycles. The third kappa shape index (κ3) is 7.03. The Kier molecular flexibility index (Phi) is 10.2. The molecule has 10 nitrogen and oxygen atoms in total. The highest BCUT2D eigenvalue weighted by Crippen LogP contribution is 2.49. The second-order valence-electron chi connectivity index (χ2n) is 15.7. The minimum atomic E-state index is -0.698. The summed E-state index contributed by atoms with van der Waals surface area (Å²) in [6.45, 7) is 4.82. The zero-order chi connectivity index (χ0) is 40.6. The number of carbonyl (C=O) groups is 1. The highest BCUT2D eigenvalue weighted by atomic mass is 79.9. The van der Waals surface area contributed by atoms with Crippen LogP contribution in [0.1, 0.15) is 23.1 Å². The Hall–Kier alpha value is -6.24. The van der Waals surface area contributed by atoms with Gasteiger partial charge in [0.05, 0.1) is 36.3 Å². The van der Waals surface area contributed by atoms with Gasteiger partial charge < -0.3 is 9.80 Å². The average Bonchev–Trinajstić information content (AvgIpc) is 3.91. The van der Waals surface area contributed by atoms with Gasteiger partial charge in [0.2, 0.25) is 5.91 Å². The van der Waals surface area contributed by atoms with Crippen molar-refractivity contribution in [1.82, 2.24) is 30.2 Å². The van der Waals surface area contributed by atoms with Gasteiger partial charge in [0.15, 0.2) is 11.6 Å². The lowest BCUT2D eigenvalue weighted by Crippen LogP contribution is -2.51. The van der Waals surface area contributed by atoms with Crippen molar-refractivity contribution in [3.63, 3.8) is 0 Å². The van der Waals surface area contributed by atoms with Crippen LogP contribution in [0.3, 0.4) is 0 Å². The molecule has 5 aromatic rings. The Morgan fingerprint density at radius 2 is 1.42 bits per heavy atom. The van der Waals surface area contributed by atoms with Crippen LogP contribution >= 0.6 is 15.9 Å².